The molecule has 0 aromatic carbocycles. The van der Waals surface area contributed by atoms with Crippen LogP contribution in [0.3, 0.4) is 0 Å². The molecule has 0 amide bonds. The number of rotatable bonds is 5. The van der Waals surface area contributed by atoms with Crippen molar-refractivity contribution in [3.8, 4) is 5.75 Å². The number of aliphatic hydroxyl groups is 1. The van der Waals surface area contributed by atoms with Gasteiger partial charge in [0.15, 0.2) is 5.75 Å². The highest BCUT2D eigenvalue weighted by atomic mass is 16.5. The summed E-state index contributed by atoms with van der Waals surface area (Å²) in [4.78, 5) is 12.0. The van der Waals surface area contributed by atoms with Gasteiger partial charge in [-0.2, -0.15) is 5.10 Å². The largest absolute Gasteiger partial charge is 0.493 e. The maximum absolute atomic E-state index is 12.0. The van der Waals surface area contributed by atoms with Gasteiger partial charge in [0, 0.05) is 6.54 Å². The first kappa shape index (κ1) is 12.7. The molecule has 0 aliphatic rings. The van der Waals surface area contributed by atoms with Crippen LogP contribution < -0.4 is 4.74 Å². The first-order valence-corrected chi connectivity index (χ1v) is 5.28. The zero-order valence-electron chi connectivity index (χ0n) is 10.1. The second kappa shape index (κ2) is 4.65. The fourth-order valence-electron chi connectivity index (χ4n) is 1.42. The average molecular weight is 226 g/mol. The van der Waals surface area contributed by atoms with Gasteiger partial charge < -0.3 is 9.84 Å². The van der Waals surface area contributed by atoms with Crippen LogP contribution in [0.4, 0.5) is 0 Å². The molecule has 1 aromatic rings. The summed E-state index contributed by atoms with van der Waals surface area (Å²) in [6, 6.07) is 0. The van der Waals surface area contributed by atoms with E-state index in [1.807, 2.05) is 6.92 Å². The van der Waals surface area contributed by atoms with Gasteiger partial charge >= 0.3 is 0 Å². The first-order chi connectivity index (χ1) is 7.41. The molecule has 1 heterocycles. The van der Waals surface area contributed by atoms with Crippen molar-refractivity contribution in [1.82, 2.24) is 9.78 Å². The molecule has 90 valence electrons. The molecule has 0 spiro atoms. The van der Waals surface area contributed by atoms with Crippen molar-refractivity contribution in [2.24, 2.45) is 0 Å². The van der Waals surface area contributed by atoms with Gasteiger partial charge in [0.1, 0.15) is 11.3 Å². The molecule has 1 rings (SSSR count). The summed E-state index contributed by atoms with van der Waals surface area (Å²) in [5.74, 6) is 0.0240. The van der Waals surface area contributed by atoms with Gasteiger partial charge in [0.05, 0.1) is 13.3 Å². The minimum atomic E-state index is -1.42. The lowest BCUT2D eigenvalue weighted by atomic mass is 10.0. The Morgan fingerprint density at radius 1 is 1.62 bits per heavy atom. The molecule has 0 aliphatic carbocycles. The Kier molecular flexibility index (Phi) is 3.70. The van der Waals surface area contributed by atoms with E-state index in [4.69, 9.17) is 4.74 Å². The SMILES string of the molecule is CCCn1ncc(OC)c1C(=O)C(C)(C)O. The van der Waals surface area contributed by atoms with Gasteiger partial charge in [-0.25, -0.2) is 0 Å². The van der Waals surface area contributed by atoms with Gasteiger partial charge in [-0.1, -0.05) is 6.92 Å². The summed E-state index contributed by atoms with van der Waals surface area (Å²) in [5.41, 5.74) is -1.09. The lowest BCUT2D eigenvalue weighted by Gasteiger charge is -2.17. The van der Waals surface area contributed by atoms with Crippen LogP contribution in [0, 0.1) is 0 Å². The topological polar surface area (TPSA) is 64.4 Å². The molecule has 0 fully saturated rings. The van der Waals surface area contributed by atoms with Crippen LogP contribution in [0.25, 0.3) is 0 Å². The molecule has 0 bridgehead atoms. The highest BCUT2D eigenvalue weighted by Gasteiger charge is 2.31. The van der Waals surface area contributed by atoms with E-state index >= 15 is 0 Å². The van der Waals surface area contributed by atoms with Gasteiger partial charge in [0.25, 0.3) is 0 Å². The Bertz CT molecular complexity index is 377. The molecule has 5 nitrogen and oxygen atoms in total. The van der Waals surface area contributed by atoms with Gasteiger partial charge in [-0.05, 0) is 20.3 Å². The zero-order chi connectivity index (χ0) is 12.3. The molecule has 0 aliphatic heterocycles. The summed E-state index contributed by atoms with van der Waals surface area (Å²) in [5, 5.41) is 13.8. The first-order valence-electron chi connectivity index (χ1n) is 5.28. The van der Waals surface area contributed by atoms with Crippen molar-refractivity contribution in [3.63, 3.8) is 0 Å². The average Bonchev–Trinajstić information content (AvgIpc) is 2.58. The fourth-order valence-corrected chi connectivity index (χ4v) is 1.42. The van der Waals surface area contributed by atoms with Crippen LogP contribution in [-0.4, -0.2) is 33.4 Å². The van der Waals surface area contributed by atoms with Crippen LogP contribution in [0.1, 0.15) is 37.7 Å². The van der Waals surface area contributed by atoms with Crippen molar-refractivity contribution >= 4 is 5.78 Å². The smallest absolute Gasteiger partial charge is 0.215 e. The molecule has 1 N–H and O–H groups in total. The van der Waals surface area contributed by atoms with Crippen LogP contribution in [0.2, 0.25) is 0 Å². The Morgan fingerprint density at radius 2 is 2.25 bits per heavy atom. The molecule has 0 unspecified atom stereocenters. The minimum Gasteiger partial charge on any atom is -0.493 e. The number of nitrogens with zero attached hydrogens (tertiary/aromatic N) is 2. The summed E-state index contributed by atoms with van der Waals surface area (Å²) in [6.07, 6.45) is 2.35. The molecule has 0 atom stereocenters. The number of hydrogen-bond donors (Lipinski definition) is 1. The number of carbonyl (C=O) groups is 1. The molecule has 0 saturated carbocycles. The van der Waals surface area contributed by atoms with Crippen molar-refractivity contribution in [3.05, 3.63) is 11.9 Å². The van der Waals surface area contributed by atoms with Crippen LogP contribution in [-0.2, 0) is 6.54 Å². The maximum atomic E-state index is 12.0. The lowest BCUT2D eigenvalue weighted by molar-refractivity contribution is 0.0473. The van der Waals surface area contributed by atoms with E-state index in [0.29, 0.717) is 18.0 Å². The van der Waals surface area contributed by atoms with Crippen LogP contribution in [0.15, 0.2) is 6.20 Å². The van der Waals surface area contributed by atoms with Crippen molar-refractivity contribution in [2.75, 3.05) is 7.11 Å². The lowest BCUT2D eigenvalue weighted by Crippen LogP contribution is -2.33. The summed E-state index contributed by atoms with van der Waals surface area (Å²) in [6.45, 7) is 5.53. The second-order valence-corrected chi connectivity index (χ2v) is 4.17. The van der Waals surface area contributed by atoms with E-state index in [9.17, 15) is 9.90 Å². The van der Waals surface area contributed by atoms with Gasteiger partial charge in [-0.3, -0.25) is 9.48 Å². The van der Waals surface area contributed by atoms with Crippen LogP contribution >= 0.6 is 0 Å². The minimum absolute atomic E-state index is 0.330. The second-order valence-electron chi connectivity index (χ2n) is 4.17. The zero-order valence-corrected chi connectivity index (χ0v) is 10.1. The number of methoxy groups -OCH3 is 1. The van der Waals surface area contributed by atoms with E-state index in [1.54, 1.807) is 4.68 Å². The van der Waals surface area contributed by atoms with Crippen molar-refractivity contribution in [1.29, 1.82) is 0 Å². The number of aryl methyl sites for hydroxylation is 1. The number of carbonyl (C=O) groups excluding carboxylic acids is 1. The number of aromatic nitrogens is 2. The highest BCUT2D eigenvalue weighted by molar-refractivity contribution is 6.02. The number of ketones is 1. The van der Waals surface area contributed by atoms with Crippen LogP contribution in [0.5, 0.6) is 5.75 Å². The third-order valence-corrected chi connectivity index (χ3v) is 2.23. The summed E-state index contributed by atoms with van der Waals surface area (Å²) >= 11 is 0. The van der Waals surface area contributed by atoms with E-state index < -0.39 is 5.60 Å². The summed E-state index contributed by atoms with van der Waals surface area (Å²) < 4.78 is 6.64. The molecule has 16 heavy (non-hydrogen) atoms. The Morgan fingerprint density at radius 3 is 2.69 bits per heavy atom. The van der Waals surface area contributed by atoms with Crippen molar-refractivity contribution < 1.29 is 14.6 Å². The molecular formula is C11H18N2O3. The third kappa shape index (κ3) is 2.41. The predicted octanol–water partition coefficient (Wildman–Crippen LogP) is 1.26. The predicted molar refractivity (Wildman–Crippen MR) is 59.7 cm³/mol. The van der Waals surface area contributed by atoms with E-state index in [2.05, 4.69) is 5.10 Å². The summed E-state index contributed by atoms with van der Waals surface area (Å²) in [7, 11) is 1.48. The molecular weight excluding hydrogens is 208 g/mol. The number of ether oxygens (including phenoxy) is 1. The van der Waals surface area contributed by atoms with E-state index in [-0.39, 0.29) is 5.78 Å². The Labute approximate surface area is 95.0 Å². The molecule has 0 saturated heterocycles. The van der Waals surface area contributed by atoms with Gasteiger partial charge in [0.2, 0.25) is 5.78 Å². The maximum Gasteiger partial charge on any atom is 0.215 e. The monoisotopic (exact) mass is 226 g/mol. The highest BCUT2D eigenvalue weighted by Crippen LogP contribution is 2.23. The molecule has 0 radical (unpaired) electrons. The molecule has 5 heteroatoms. The number of Topliss-reactive ketones (excluding diaryl/α,β-unsaturated/α-hetero) is 1. The normalized spacial score (nSPS) is 11.6. The number of hydrogen-bond acceptors (Lipinski definition) is 4. The van der Waals surface area contributed by atoms with E-state index in [0.717, 1.165) is 6.42 Å². The van der Waals surface area contributed by atoms with Gasteiger partial charge in [-0.15, -0.1) is 0 Å². The Hall–Kier alpha value is -1.36. The fraction of sp³-hybridized carbons (Fsp3) is 0.636. The molecule has 1 aromatic heterocycles. The van der Waals surface area contributed by atoms with Crippen molar-refractivity contribution in [2.45, 2.75) is 39.3 Å². The van der Waals surface area contributed by atoms with E-state index in [1.165, 1.54) is 27.2 Å². The quantitative estimate of drug-likeness (QED) is 0.767. The standard InChI is InChI=1S/C11H18N2O3/c1-5-6-13-9(8(16-4)7-12-13)10(14)11(2,3)15/h7,15H,5-6H2,1-4H3. The third-order valence-electron chi connectivity index (χ3n) is 2.23. The Balaban J connectivity index is 3.18.